The number of hydrogen-bond acceptors (Lipinski definition) is 6. The summed E-state index contributed by atoms with van der Waals surface area (Å²) in [5, 5.41) is 13.7. The highest BCUT2D eigenvalue weighted by molar-refractivity contribution is 7.47. The highest BCUT2D eigenvalue weighted by Crippen LogP contribution is 2.43. The fraction of sp³-hybridized carbons (Fsp3) is 0.889. The second-order valence-corrected chi connectivity index (χ2v) is 17.1. The van der Waals surface area contributed by atoms with E-state index in [1.165, 1.54) is 167 Å². The number of carbonyl (C=O) groups is 1. The smallest absolute Gasteiger partial charge is 0.387 e. The Morgan fingerprint density at radius 3 is 1.37 bits per heavy atom. The number of hydrogen-bond donors (Lipinski definition) is 4. The molecular formula is C45H89N2O6P. The van der Waals surface area contributed by atoms with Gasteiger partial charge in [-0.15, -0.1) is 0 Å². The maximum atomic E-state index is 12.8. The monoisotopic (exact) mass is 785 g/mol. The van der Waals surface area contributed by atoms with E-state index in [1.54, 1.807) is 6.08 Å². The van der Waals surface area contributed by atoms with E-state index in [0.29, 0.717) is 6.42 Å². The first-order valence-corrected chi connectivity index (χ1v) is 24.5. The molecule has 0 rings (SSSR count). The number of rotatable bonds is 43. The number of aliphatic hydroxyl groups is 1. The Hall–Kier alpha value is -1.02. The van der Waals surface area contributed by atoms with Gasteiger partial charge in [-0.3, -0.25) is 13.8 Å². The van der Waals surface area contributed by atoms with Crippen molar-refractivity contribution >= 4 is 13.7 Å². The number of aliphatic hydroxyl groups excluding tert-OH is 1. The molecule has 3 atom stereocenters. The average Bonchev–Trinajstić information content (AvgIpc) is 3.16. The molecule has 0 heterocycles. The normalized spacial score (nSPS) is 14.2. The molecule has 0 aliphatic rings. The zero-order valence-electron chi connectivity index (χ0n) is 35.5. The minimum absolute atomic E-state index is 0.0795. The van der Waals surface area contributed by atoms with Crippen LogP contribution in [-0.2, 0) is 18.4 Å². The molecule has 1 amide bonds. The Morgan fingerprint density at radius 2 is 0.963 bits per heavy atom. The topological polar surface area (TPSA) is 131 Å². The van der Waals surface area contributed by atoms with Crippen LogP contribution in [0.1, 0.15) is 226 Å². The van der Waals surface area contributed by atoms with Gasteiger partial charge < -0.3 is 21.1 Å². The van der Waals surface area contributed by atoms with Crippen LogP contribution in [0.2, 0.25) is 0 Å². The van der Waals surface area contributed by atoms with Crippen molar-refractivity contribution in [3.8, 4) is 0 Å². The molecule has 0 saturated carbocycles. The van der Waals surface area contributed by atoms with Gasteiger partial charge in [0.15, 0.2) is 0 Å². The Morgan fingerprint density at radius 1 is 0.593 bits per heavy atom. The van der Waals surface area contributed by atoms with E-state index in [4.69, 9.17) is 14.8 Å². The first kappa shape index (κ1) is 53.0. The fourth-order valence-corrected chi connectivity index (χ4v) is 7.53. The highest BCUT2D eigenvalue weighted by Gasteiger charge is 2.26. The van der Waals surface area contributed by atoms with Crippen molar-refractivity contribution in [3.63, 3.8) is 0 Å². The highest BCUT2D eigenvalue weighted by atomic mass is 31.2. The van der Waals surface area contributed by atoms with E-state index in [9.17, 15) is 19.4 Å². The van der Waals surface area contributed by atoms with Gasteiger partial charge in [0.25, 0.3) is 0 Å². The summed E-state index contributed by atoms with van der Waals surface area (Å²) in [5.41, 5.74) is 5.37. The lowest BCUT2D eigenvalue weighted by Gasteiger charge is -2.23. The molecule has 0 aliphatic carbocycles. The molecule has 9 heteroatoms. The molecule has 0 saturated heterocycles. The Bertz CT molecular complexity index is 901. The molecule has 0 radical (unpaired) electrons. The van der Waals surface area contributed by atoms with Crippen LogP contribution in [0.5, 0.6) is 0 Å². The van der Waals surface area contributed by atoms with Gasteiger partial charge in [0, 0.05) is 13.0 Å². The van der Waals surface area contributed by atoms with E-state index in [2.05, 4.69) is 31.3 Å². The van der Waals surface area contributed by atoms with Crippen molar-refractivity contribution in [2.45, 2.75) is 238 Å². The van der Waals surface area contributed by atoms with Crippen molar-refractivity contribution in [3.05, 3.63) is 24.3 Å². The molecule has 3 unspecified atom stereocenters. The quantitative estimate of drug-likeness (QED) is 0.0275. The van der Waals surface area contributed by atoms with Gasteiger partial charge in [-0.25, -0.2) is 4.57 Å². The molecule has 0 aromatic carbocycles. The SMILES string of the molecule is CCCCCCCCCC/C=C\CCCCCCCCCCCCCC(=O)NC(COP(=O)(O)OCCN)C(O)/C=C/CCCCCCCCCCCC. The van der Waals surface area contributed by atoms with Crippen molar-refractivity contribution in [2.75, 3.05) is 19.8 Å². The number of nitrogens with two attached hydrogens (primary N) is 1. The Balaban J connectivity index is 4.06. The first-order chi connectivity index (χ1) is 26.4. The minimum Gasteiger partial charge on any atom is -0.387 e. The predicted octanol–water partition coefficient (Wildman–Crippen LogP) is 12.9. The van der Waals surface area contributed by atoms with Gasteiger partial charge in [-0.1, -0.05) is 199 Å². The second-order valence-electron chi connectivity index (χ2n) is 15.6. The third-order valence-corrected chi connectivity index (χ3v) is 11.3. The summed E-state index contributed by atoms with van der Waals surface area (Å²) < 4.78 is 22.1. The molecule has 0 fully saturated rings. The van der Waals surface area contributed by atoms with Gasteiger partial charge in [-0.2, -0.15) is 0 Å². The molecule has 5 N–H and O–H groups in total. The van der Waals surface area contributed by atoms with Crippen molar-refractivity contribution in [1.82, 2.24) is 5.32 Å². The van der Waals surface area contributed by atoms with Crippen LogP contribution in [0.25, 0.3) is 0 Å². The summed E-state index contributed by atoms with van der Waals surface area (Å²) in [5.74, 6) is -0.194. The van der Waals surface area contributed by atoms with Crippen LogP contribution in [0.4, 0.5) is 0 Å². The lowest BCUT2D eigenvalue weighted by atomic mass is 10.0. The number of allylic oxidation sites excluding steroid dienone is 3. The number of unbranched alkanes of at least 4 members (excludes halogenated alkanes) is 29. The Kier molecular flexibility index (Phi) is 40.8. The number of nitrogens with one attached hydrogen (secondary N) is 1. The van der Waals surface area contributed by atoms with Gasteiger partial charge >= 0.3 is 7.82 Å². The molecule has 0 spiro atoms. The van der Waals surface area contributed by atoms with Crippen molar-refractivity contribution in [2.24, 2.45) is 5.73 Å². The van der Waals surface area contributed by atoms with Crippen LogP contribution in [-0.4, -0.2) is 47.8 Å². The van der Waals surface area contributed by atoms with Crippen LogP contribution in [0.3, 0.4) is 0 Å². The third-order valence-electron chi connectivity index (χ3n) is 10.3. The summed E-state index contributed by atoms with van der Waals surface area (Å²) in [4.78, 5) is 22.7. The van der Waals surface area contributed by atoms with Crippen molar-refractivity contribution in [1.29, 1.82) is 0 Å². The number of amides is 1. The number of phosphoric acid groups is 1. The van der Waals surface area contributed by atoms with Crippen LogP contribution < -0.4 is 11.1 Å². The maximum absolute atomic E-state index is 12.8. The fourth-order valence-electron chi connectivity index (χ4n) is 6.77. The van der Waals surface area contributed by atoms with E-state index < -0.39 is 20.0 Å². The molecule has 0 bridgehead atoms. The predicted molar refractivity (Wildman–Crippen MR) is 231 cm³/mol. The zero-order chi connectivity index (χ0) is 39.6. The molecule has 0 aromatic rings. The number of phosphoric ester groups is 1. The van der Waals surface area contributed by atoms with Gasteiger partial charge in [-0.05, 0) is 44.9 Å². The molecule has 320 valence electrons. The Labute approximate surface area is 334 Å². The van der Waals surface area contributed by atoms with Gasteiger partial charge in [0.1, 0.15) is 0 Å². The third kappa shape index (κ3) is 39.2. The van der Waals surface area contributed by atoms with Crippen LogP contribution in [0, 0.1) is 0 Å². The zero-order valence-corrected chi connectivity index (χ0v) is 36.4. The largest absolute Gasteiger partial charge is 0.472 e. The summed E-state index contributed by atoms with van der Waals surface area (Å²) in [6, 6.07) is -0.857. The summed E-state index contributed by atoms with van der Waals surface area (Å²) in [6.45, 7) is 4.14. The molecule has 54 heavy (non-hydrogen) atoms. The van der Waals surface area contributed by atoms with Crippen LogP contribution >= 0.6 is 7.82 Å². The lowest BCUT2D eigenvalue weighted by molar-refractivity contribution is -0.123. The van der Waals surface area contributed by atoms with E-state index in [0.717, 1.165) is 38.5 Å². The second kappa shape index (κ2) is 41.6. The van der Waals surface area contributed by atoms with Crippen molar-refractivity contribution < 1.29 is 28.4 Å². The van der Waals surface area contributed by atoms with Crippen LogP contribution in [0.15, 0.2) is 24.3 Å². The van der Waals surface area contributed by atoms with Gasteiger partial charge in [0.2, 0.25) is 5.91 Å². The molecule has 0 aliphatic heterocycles. The molecular weight excluding hydrogens is 695 g/mol. The first-order valence-electron chi connectivity index (χ1n) is 23.0. The maximum Gasteiger partial charge on any atom is 0.472 e. The molecule has 0 aromatic heterocycles. The van der Waals surface area contributed by atoms with Gasteiger partial charge in [0.05, 0.1) is 25.4 Å². The van der Waals surface area contributed by atoms with E-state index in [-0.39, 0.29) is 25.7 Å². The van der Waals surface area contributed by atoms with E-state index in [1.807, 2.05) is 6.08 Å². The summed E-state index contributed by atoms with van der Waals surface area (Å²) in [6.07, 6.45) is 48.0. The average molecular weight is 785 g/mol. The minimum atomic E-state index is -4.33. The molecule has 8 nitrogen and oxygen atoms in total. The summed E-state index contributed by atoms with van der Waals surface area (Å²) in [7, 11) is -4.33. The summed E-state index contributed by atoms with van der Waals surface area (Å²) >= 11 is 0. The van der Waals surface area contributed by atoms with E-state index >= 15 is 0 Å². The lowest BCUT2D eigenvalue weighted by Crippen LogP contribution is -2.45. The number of carbonyl (C=O) groups excluding carboxylic acids is 1. The standard InChI is InChI=1S/C45H89N2O6P/c1-3-5-7-9-11-13-15-17-18-19-20-21-22-23-24-25-26-27-29-31-33-35-37-39-45(49)47-43(42-53-54(50,51)52-41-40-46)44(48)38-36-34-32-30-28-16-14-12-10-8-6-4-2/h19-20,36,38,43-44,48H,3-18,21-35,37,39-42,46H2,1-2H3,(H,47,49)(H,50,51)/b20-19-,38-36+.